The fraction of sp³-hybridized carbons (Fsp3) is 0.269. The zero-order chi connectivity index (χ0) is 21.0. The van der Waals surface area contributed by atoms with Crippen molar-refractivity contribution >= 4 is 5.97 Å². The van der Waals surface area contributed by atoms with Crippen LogP contribution in [0.4, 0.5) is 0 Å². The van der Waals surface area contributed by atoms with Crippen LogP contribution in [0.1, 0.15) is 44.4 Å². The third kappa shape index (κ3) is 15.4. The van der Waals surface area contributed by atoms with Gasteiger partial charge < -0.3 is 5.11 Å². The Kier molecular flexibility index (Phi) is 15.7. The molecule has 1 N–H and O–H groups in total. The molecule has 3 rings (SSSR count). The van der Waals surface area contributed by atoms with E-state index in [4.69, 9.17) is 9.90 Å². The van der Waals surface area contributed by atoms with Gasteiger partial charge in [-0.25, -0.2) is 0 Å². The Balaban J connectivity index is 0.000000358. The predicted molar refractivity (Wildman–Crippen MR) is 121 cm³/mol. The molecule has 150 valence electrons. The fourth-order valence-electron chi connectivity index (χ4n) is 2.14. The molecule has 0 unspecified atom stereocenters. The Morgan fingerprint density at radius 1 is 0.571 bits per heavy atom. The van der Waals surface area contributed by atoms with E-state index in [0.717, 1.165) is 26.2 Å². The molecule has 0 aliphatic heterocycles. The second-order valence-corrected chi connectivity index (χ2v) is 6.04. The minimum absolute atomic E-state index is 0.833. The van der Waals surface area contributed by atoms with Crippen molar-refractivity contribution in [2.45, 2.75) is 47.0 Å². The fourth-order valence-corrected chi connectivity index (χ4v) is 2.14. The average Bonchev–Trinajstić information content (AvgIpc) is 2.76. The molecule has 0 aliphatic rings. The van der Waals surface area contributed by atoms with E-state index in [0.29, 0.717) is 0 Å². The summed E-state index contributed by atoms with van der Waals surface area (Å²) in [6.07, 6.45) is 3.42. The molecule has 0 atom stereocenters. The van der Waals surface area contributed by atoms with Crippen LogP contribution in [0.3, 0.4) is 0 Å². The first-order valence-corrected chi connectivity index (χ1v) is 9.84. The lowest BCUT2D eigenvalue weighted by Gasteiger charge is -1.89. The lowest BCUT2D eigenvalue weighted by atomic mass is 10.2. The molecule has 2 heteroatoms. The van der Waals surface area contributed by atoms with Crippen LogP contribution < -0.4 is 0 Å². The maximum atomic E-state index is 9.00. The molecule has 0 bridgehead atoms. The predicted octanol–water partition coefficient (Wildman–Crippen LogP) is 6.84. The summed E-state index contributed by atoms with van der Waals surface area (Å²) in [5, 5.41) is 7.42. The van der Waals surface area contributed by atoms with Crippen LogP contribution >= 0.6 is 0 Å². The van der Waals surface area contributed by atoms with Crippen molar-refractivity contribution in [3.8, 4) is 0 Å². The van der Waals surface area contributed by atoms with Gasteiger partial charge in [0.15, 0.2) is 0 Å². The Hall–Kier alpha value is -2.87. The topological polar surface area (TPSA) is 37.3 Å². The molecule has 2 nitrogen and oxygen atoms in total. The van der Waals surface area contributed by atoms with Crippen molar-refractivity contribution in [1.29, 1.82) is 0 Å². The van der Waals surface area contributed by atoms with E-state index in [2.05, 4.69) is 93.6 Å². The molecule has 0 saturated heterocycles. The average molecular weight is 379 g/mol. The van der Waals surface area contributed by atoms with Crippen molar-refractivity contribution in [3.63, 3.8) is 0 Å². The summed E-state index contributed by atoms with van der Waals surface area (Å²) in [6, 6.07) is 31.4. The highest BCUT2D eigenvalue weighted by Gasteiger charge is 1.81. The largest absolute Gasteiger partial charge is 0.481 e. The number of aryl methyl sites for hydroxylation is 3. The highest BCUT2D eigenvalue weighted by Crippen LogP contribution is 1.98. The first-order chi connectivity index (χ1) is 13.5. The van der Waals surface area contributed by atoms with Gasteiger partial charge >= 0.3 is 0 Å². The smallest absolute Gasteiger partial charge is 0.300 e. The third-order valence-corrected chi connectivity index (χ3v) is 3.75. The quantitative estimate of drug-likeness (QED) is 0.542. The maximum absolute atomic E-state index is 9.00. The van der Waals surface area contributed by atoms with E-state index in [9.17, 15) is 0 Å². The summed E-state index contributed by atoms with van der Waals surface area (Å²) in [5.74, 6) is -0.833. The van der Waals surface area contributed by atoms with Crippen molar-refractivity contribution in [3.05, 3.63) is 108 Å². The molecular formula is C26H34O2. The van der Waals surface area contributed by atoms with Gasteiger partial charge in [-0.05, 0) is 36.0 Å². The second kappa shape index (κ2) is 17.5. The number of rotatable bonds is 3. The second-order valence-electron chi connectivity index (χ2n) is 6.04. The first kappa shape index (κ1) is 25.1. The number of aliphatic carboxylic acids is 1. The highest BCUT2D eigenvalue weighted by molar-refractivity contribution is 5.62. The van der Waals surface area contributed by atoms with Crippen LogP contribution in [0.25, 0.3) is 0 Å². The van der Waals surface area contributed by atoms with Crippen molar-refractivity contribution in [2.75, 3.05) is 0 Å². The Labute approximate surface area is 170 Å². The molecule has 0 amide bonds. The van der Waals surface area contributed by atoms with Gasteiger partial charge in [0, 0.05) is 6.92 Å². The Morgan fingerprint density at radius 2 is 0.750 bits per heavy atom. The van der Waals surface area contributed by atoms with Crippen LogP contribution in [0.2, 0.25) is 0 Å². The number of hydrogen-bond donors (Lipinski definition) is 1. The molecular weight excluding hydrogens is 344 g/mol. The zero-order valence-corrected chi connectivity index (χ0v) is 17.6. The molecule has 3 aromatic carbocycles. The van der Waals surface area contributed by atoms with Gasteiger partial charge in [-0.2, -0.15) is 0 Å². The summed E-state index contributed by atoms with van der Waals surface area (Å²) in [7, 11) is 0. The summed E-state index contributed by atoms with van der Waals surface area (Å²) >= 11 is 0. The number of benzene rings is 3. The SMILES string of the molecule is CC(=O)O.CCc1ccccc1.CCc1ccccc1.CCc1ccccc1. The van der Waals surface area contributed by atoms with Gasteiger partial charge in [-0.15, -0.1) is 0 Å². The molecule has 0 heterocycles. The monoisotopic (exact) mass is 378 g/mol. The molecule has 0 saturated carbocycles. The summed E-state index contributed by atoms with van der Waals surface area (Å²) in [6.45, 7) is 7.57. The van der Waals surface area contributed by atoms with E-state index >= 15 is 0 Å². The van der Waals surface area contributed by atoms with E-state index in [-0.39, 0.29) is 0 Å². The van der Waals surface area contributed by atoms with E-state index < -0.39 is 5.97 Å². The van der Waals surface area contributed by atoms with Crippen molar-refractivity contribution < 1.29 is 9.90 Å². The first-order valence-electron chi connectivity index (χ1n) is 9.84. The van der Waals surface area contributed by atoms with E-state index in [1.54, 1.807) is 0 Å². The minimum atomic E-state index is -0.833. The van der Waals surface area contributed by atoms with Crippen molar-refractivity contribution in [2.24, 2.45) is 0 Å². The Bertz CT molecular complexity index is 609. The molecule has 28 heavy (non-hydrogen) atoms. The molecule has 0 radical (unpaired) electrons. The van der Waals surface area contributed by atoms with Gasteiger partial charge in [0.2, 0.25) is 0 Å². The minimum Gasteiger partial charge on any atom is -0.481 e. The van der Waals surface area contributed by atoms with E-state index in [1.165, 1.54) is 16.7 Å². The van der Waals surface area contributed by atoms with Gasteiger partial charge in [0.05, 0.1) is 0 Å². The maximum Gasteiger partial charge on any atom is 0.300 e. The molecule has 0 fully saturated rings. The van der Waals surface area contributed by atoms with Gasteiger partial charge in [0.1, 0.15) is 0 Å². The molecule has 3 aromatic rings. The molecule has 0 aromatic heterocycles. The Morgan fingerprint density at radius 3 is 0.857 bits per heavy atom. The summed E-state index contributed by atoms with van der Waals surface area (Å²) in [4.78, 5) is 9.00. The number of carbonyl (C=O) groups is 1. The van der Waals surface area contributed by atoms with Crippen molar-refractivity contribution in [1.82, 2.24) is 0 Å². The van der Waals surface area contributed by atoms with E-state index in [1.807, 2.05) is 18.2 Å². The van der Waals surface area contributed by atoms with Gasteiger partial charge in [-0.3, -0.25) is 4.79 Å². The van der Waals surface area contributed by atoms with Crippen LogP contribution in [-0.2, 0) is 24.1 Å². The standard InChI is InChI=1S/3C8H10.C2H4O2/c3*1-2-8-6-4-3-5-7-8;1-2(3)4/h3*3-7H,2H2,1H3;1H3,(H,3,4). The number of carboxylic acid groups (broad SMARTS) is 1. The van der Waals surface area contributed by atoms with Crippen LogP contribution in [0.15, 0.2) is 91.0 Å². The van der Waals surface area contributed by atoms with Crippen LogP contribution in [0.5, 0.6) is 0 Å². The van der Waals surface area contributed by atoms with Crippen LogP contribution in [0, 0.1) is 0 Å². The zero-order valence-electron chi connectivity index (χ0n) is 17.6. The molecule has 0 spiro atoms. The molecule has 0 aliphatic carbocycles. The summed E-state index contributed by atoms with van der Waals surface area (Å²) < 4.78 is 0. The third-order valence-electron chi connectivity index (χ3n) is 3.75. The number of carboxylic acids is 1. The van der Waals surface area contributed by atoms with Crippen LogP contribution in [-0.4, -0.2) is 11.1 Å². The van der Waals surface area contributed by atoms with Gasteiger partial charge in [-0.1, -0.05) is 112 Å². The normalized spacial score (nSPS) is 8.71. The highest BCUT2D eigenvalue weighted by atomic mass is 16.4. The lowest BCUT2D eigenvalue weighted by molar-refractivity contribution is -0.134. The summed E-state index contributed by atoms with van der Waals surface area (Å²) in [5.41, 5.74) is 4.23. The van der Waals surface area contributed by atoms with Gasteiger partial charge in [0.25, 0.3) is 5.97 Å². The number of hydrogen-bond acceptors (Lipinski definition) is 1. The lowest BCUT2D eigenvalue weighted by Crippen LogP contribution is -1.78.